The largest absolute Gasteiger partial charge is 0.323 e. The van der Waals surface area contributed by atoms with E-state index in [0.29, 0.717) is 0 Å². The van der Waals surface area contributed by atoms with Gasteiger partial charge in [-0.15, -0.1) is 11.8 Å². The number of nitrogens with one attached hydrogen (secondary N) is 1. The maximum absolute atomic E-state index is 12.6. The van der Waals surface area contributed by atoms with Crippen molar-refractivity contribution in [1.29, 1.82) is 0 Å². The van der Waals surface area contributed by atoms with Crippen LogP contribution in [0.1, 0.15) is 16.7 Å². The number of para-hydroxylation sites is 1. The van der Waals surface area contributed by atoms with E-state index in [9.17, 15) is 4.79 Å². The molecule has 2 heterocycles. The van der Waals surface area contributed by atoms with Crippen LogP contribution in [0.25, 0.3) is 0 Å². The summed E-state index contributed by atoms with van der Waals surface area (Å²) < 4.78 is 0. The molecule has 21 heavy (non-hydrogen) atoms. The summed E-state index contributed by atoms with van der Waals surface area (Å²) in [6.07, 6.45) is 0. The quantitative estimate of drug-likeness (QED) is 0.868. The van der Waals surface area contributed by atoms with E-state index in [0.717, 1.165) is 23.5 Å². The van der Waals surface area contributed by atoms with Crippen LogP contribution in [0, 0.1) is 6.92 Å². The number of amides is 2. The minimum Gasteiger partial charge on any atom is -0.307 e. The van der Waals surface area contributed by atoms with E-state index < -0.39 is 0 Å². The third-order valence-corrected chi connectivity index (χ3v) is 5.77. The van der Waals surface area contributed by atoms with Crippen LogP contribution in [0.15, 0.2) is 48.5 Å². The van der Waals surface area contributed by atoms with Gasteiger partial charge in [0.2, 0.25) is 0 Å². The lowest BCUT2D eigenvalue weighted by Gasteiger charge is -2.43. The van der Waals surface area contributed by atoms with Gasteiger partial charge in [-0.1, -0.05) is 48.5 Å². The minimum atomic E-state index is -0.384. The van der Waals surface area contributed by atoms with E-state index in [1.165, 1.54) is 11.1 Å². The number of nitrogens with zero attached hydrogens (tertiary/aromatic N) is 1. The Morgan fingerprint density at radius 3 is 2.76 bits per heavy atom. The number of thioether (sulfide) groups is 1. The molecule has 1 saturated heterocycles. The van der Waals surface area contributed by atoms with Crippen LogP contribution in [0.2, 0.25) is 0 Å². The zero-order valence-electron chi connectivity index (χ0n) is 11.8. The summed E-state index contributed by atoms with van der Waals surface area (Å²) in [5.41, 5.74) is 4.45. The summed E-state index contributed by atoms with van der Waals surface area (Å²) in [5, 5.41) is 3.07. The third kappa shape index (κ3) is 1.65. The Labute approximate surface area is 128 Å². The number of aryl methyl sites for hydroxylation is 1. The van der Waals surface area contributed by atoms with Crippen LogP contribution in [-0.2, 0) is 4.87 Å². The first kappa shape index (κ1) is 12.8. The van der Waals surface area contributed by atoms with Crippen molar-refractivity contribution in [2.24, 2.45) is 0 Å². The van der Waals surface area contributed by atoms with Crippen LogP contribution in [0.5, 0.6) is 0 Å². The number of benzene rings is 2. The van der Waals surface area contributed by atoms with Gasteiger partial charge in [0, 0.05) is 17.9 Å². The SMILES string of the molecule is Cc1cccc2c1NC(=O)N1CCSC21c1ccccc1. The fourth-order valence-corrected chi connectivity index (χ4v) is 4.86. The van der Waals surface area contributed by atoms with Crippen LogP contribution < -0.4 is 5.32 Å². The Morgan fingerprint density at radius 2 is 1.95 bits per heavy atom. The zero-order chi connectivity index (χ0) is 14.4. The molecule has 4 heteroatoms. The molecule has 106 valence electrons. The topological polar surface area (TPSA) is 32.3 Å². The molecule has 0 aliphatic carbocycles. The van der Waals surface area contributed by atoms with E-state index in [2.05, 4.69) is 29.6 Å². The molecule has 2 aromatic carbocycles. The molecule has 0 spiro atoms. The molecular formula is C17H16N2OS. The highest BCUT2D eigenvalue weighted by molar-refractivity contribution is 8.00. The van der Waals surface area contributed by atoms with Gasteiger partial charge in [0.15, 0.2) is 0 Å². The van der Waals surface area contributed by atoms with Crippen molar-refractivity contribution in [2.75, 3.05) is 17.6 Å². The molecular weight excluding hydrogens is 280 g/mol. The smallest absolute Gasteiger partial charge is 0.307 e. The van der Waals surface area contributed by atoms with E-state index in [1.54, 1.807) is 0 Å². The van der Waals surface area contributed by atoms with Gasteiger partial charge in [-0.2, -0.15) is 0 Å². The number of fused-ring (bicyclic) bond motifs is 3. The second-order valence-electron chi connectivity index (χ2n) is 5.44. The lowest BCUT2D eigenvalue weighted by molar-refractivity contribution is 0.195. The van der Waals surface area contributed by atoms with Crippen LogP contribution in [-0.4, -0.2) is 23.2 Å². The van der Waals surface area contributed by atoms with Gasteiger partial charge < -0.3 is 10.2 Å². The highest BCUT2D eigenvalue weighted by Gasteiger charge is 2.51. The predicted molar refractivity (Wildman–Crippen MR) is 86.6 cm³/mol. The number of anilines is 1. The van der Waals surface area contributed by atoms with Gasteiger partial charge in [0.05, 0.1) is 5.69 Å². The minimum absolute atomic E-state index is 0.00523. The van der Waals surface area contributed by atoms with Crippen molar-refractivity contribution in [3.63, 3.8) is 0 Å². The molecule has 2 amide bonds. The summed E-state index contributed by atoms with van der Waals surface area (Å²) in [5.74, 6) is 0.954. The first-order valence-corrected chi connectivity index (χ1v) is 8.10. The lowest BCUT2D eigenvalue weighted by atomic mass is 9.91. The van der Waals surface area contributed by atoms with Crippen LogP contribution in [0.3, 0.4) is 0 Å². The average Bonchev–Trinajstić information content (AvgIpc) is 2.96. The lowest BCUT2D eigenvalue weighted by Crippen LogP contribution is -2.50. The number of hydrogen-bond acceptors (Lipinski definition) is 2. The van der Waals surface area contributed by atoms with E-state index in [1.807, 2.05) is 47.9 Å². The molecule has 1 N–H and O–H groups in total. The molecule has 2 aliphatic rings. The summed E-state index contributed by atoms with van der Waals surface area (Å²) in [6, 6.07) is 16.6. The molecule has 2 aromatic rings. The van der Waals surface area contributed by atoms with Gasteiger partial charge in [-0.05, 0) is 18.1 Å². The fourth-order valence-electron chi connectivity index (χ4n) is 3.34. The zero-order valence-corrected chi connectivity index (χ0v) is 12.6. The fraction of sp³-hybridized carbons (Fsp3) is 0.235. The van der Waals surface area contributed by atoms with Crippen molar-refractivity contribution in [3.05, 3.63) is 65.2 Å². The van der Waals surface area contributed by atoms with Gasteiger partial charge in [-0.3, -0.25) is 0 Å². The van der Waals surface area contributed by atoms with Gasteiger partial charge in [-0.25, -0.2) is 4.79 Å². The third-order valence-electron chi connectivity index (χ3n) is 4.29. The molecule has 4 rings (SSSR count). The summed E-state index contributed by atoms with van der Waals surface area (Å²) in [7, 11) is 0. The summed E-state index contributed by atoms with van der Waals surface area (Å²) in [6.45, 7) is 2.83. The Hall–Kier alpha value is -1.94. The van der Waals surface area contributed by atoms with Crippen LogP contribution in [0.4, 0.5) is 10.5 Å². The molecule has 1 unspecified atom stereocenters. The molecule has 0 saturated carbocycles. The van der Waals surface area contributed by atoms with Crippen molar-refractivity contribution in [2.45, 2.75) is 11.8 Å². The average molecular weight is 296 g/mol. The van der Waals surface area contributed by atoms with E-state index in [4.69, 9.17) is 0 Å². The number of urea groups is 1. The van der Waals surface area contributed by atoms with Gasteiger partial charge in [0.1, 0.15) is 4.87 Å². The molecule has 2 aliphatic heterocycles. The van der Waals surface area contributed by atoms with Crippen molar-refractivity contribution in [3.8, 4) is 0 Å². The Morgan fingerprint density at radius 1 is 1.14 bits per heavy atom. The van der Waals surface area contributed by atoms with Crippen molar-refractivity contribution < 1.29 is 4.79 Å². The monoisotopic (exact) mass is 296 g/mol. The van der Waals surface area contributed by atoms with E-state index >= 15 is 0 Å². The van der Waals surface area contributed by atoms with Crippen molar-refractivity contribution >= 4 is 23.5 Å². The highest BCUT2D eigenvalue weighted by Crippen LogP contribution is 2.54. The Balaban J connectivity index is 2.03. The molecule has 3 nitrogen and oxygen atoms in total. The molecule has 1 fully saturated rings. The second kappa shape index (κ2) is 4.53. The molecule has 1 atom stereocenters. The number of rotatable bonds is 1. The Kier molecular flexibility index (Phi) is 2.76. The van der Waals surface area contributed by atoms with Gasteiger partial charge in [0.25, 0.3) is 0 Å². The Bertz CT molecular complexity index is 716. The van der Waals surface area contributed by atoms with Gasteiger partial charge >= 0.3 is 6.03 Å². The molecule has 0 radical (unpaired) electrons. The number of hydrogen-bond donors (Lipinski definition) is 1. The van der Waals surface area contributed by atoms with Crippen molar-refractivity contribution in [1.82, 2.24) is 4.90 Å². The summed E-state index contributed by atoms with van der Waals surface area (Å²) in [4.78, 5) is 14.2. The second-order valence-corrected chi connectivity index (χ2v) is 6.73. The normalized spacial score (nSPS) is 23.5. The summed E-state index contributed by atoms with van der Waals surface area (Å²) >= 11 is 1.85. The first-order valence-electron chi connectivity index (χ1n) is 7.12. The standard InChI is InChI=1S/C17H16N2OS/c1-12-6-5-9-14-15(12)18-16(20)19-10-11-21-17(14,19)13-7-3-2-4-8-13/h2-9H,10-11H2,1H3,(H,18,20). The first-order chi connectivity index (χ1) is 10.2. The maximum atomic E-state index is 12.6. The predicted octanol–water partition coefficient (Wildman–Crippen LogP) is 3.79. The molecule has 0 bridgehead atoms. The van der Waals surface area contributed by atoms with Crippen LogP contribution >= 0.6 is 11.8 Å². The highest BCUT2D eigenvalue weighted by atomic mass is 32.2. The number of carbonyl (C=O) groups is 1. The maximum Gasteiger partial charge on any atom is 0.323 e. The molecule has 0 aromatic heterocycles. The van der Waals surface area contributed by atoms with E-state index in [-0.39, 0.29) is 10.9 Å². The number of carbonyl (C=O) groups excluding carboxylic acids is 1.